The standard InChI is InChI=1S/C25H21FO5/c1-15-11-19(30-14-16-7-9-18(26)10-8-16)13-21-23(15)24(27)22(31-21)12-17-5-4-6-20(28-2)25(17)29-3/h4-13H,14H2,1-3H3/b22-12-. The lowest BCUT2D eigenvalue weighted by Crippen LogP contribution is -2.01. The molecule has 1 aliphatic heterocycles. The smallest absolute Gasteiger partial charge is 0.232 e. The number of ether oxygens (including phenoxy) is 4. The normalized spacial score (nSPS) is 13.7. The molecule has 4 rings (SSSR count). The highest BCUT2D eigenvalue weighted by atomic mass is 19.1. The van der Waals surface area contributed by atoms with E-state index in [0.29, 0.717) is 34.1 Å². The molecule has 1 heterocycles. The van der Waals surface area contributed by atoms with Crippen LogP contribution in [-0.4, -0.2) is 20.0 Å². The minimum Gasteiger partial charge on any atom is -0.493 e. The summed E-state index contributed by atoms with van der Waals surface area (Å²) in [5.74, 6) is 1.77. The summed E-state index contributed by atoms with van der Waals surface area (Å²) in [4.78, 5) is 13.0. The molecule has 0 atom stereocenters. The number of carbonyl (C=O) groups is 1. The van der Waals surface area contributed by atoms with Crippen molar-refractivity contribution in [1.29, 1.82) is 0 Å². The third-order valence-electron chi connectivity index (χ3n) is 4.98. The SMILES string of the molecule is COc1cccc(/C=C2\Oc3cc(OCc4ccc(F)cc4)cc(C)c3C2=O)c1OC. The lowest BCUT2D eigenvalue weighted by molar-refractivity contribution is 0.101. The number of halogens is 1. The molecule has 0 saturated carbocycles. The Balaban J connectivity index is 1.59. The van der Waals surface area contributed by atoms with Crippen LogP contribution < -0.4 is 18.9 Å². The van der Waals surface area contributed by atoms with Crippen LogP contribution in [0.5, 0.6) is 23.0 Å². The first-order valence-electron chi connectivity index (χ1n) is 9.67. The zero-order chi connectivity index (χ0) is 22.0. The van der Waals surface area contributed by atoms with E-state index in [4.69, 9.17) is 18.9 Å². The summed E-state index contributed by atoms with van der Waals surface area (Å²) in [5, 5.41) is 0. The monoisotopic (exact) mass is 420 g/mol. The van der Waals surface area contributed by atoms with Gasteiger partial charge in [-0.1, -0.05) is 24.3 Å². The summed E-state index contributed by atoms with van der Waals surface area (Å²) in [6.45, 7) is 2.11. The molecule has 3 aromatic carbocycles. The van der Waals surface area contributed by atoms with E-state index >= 15 is 0 Å². The van der Waals surface area contributed by atoms with Gasteiger partial charge in [-0.25, -0.2) is 4.39 Å². The highest BCUT2D eigenvalue weighted by molar-refractivity contribution is 6.15. The van der Waals surface area contributed by atoms with Gasteiger partial charge in [0, 0.05) is 11.6 Å². The first kappa shape index (κ1) is 20.5. The van der Waals surface area contributed by atoms with Crippen LogP contribution in [0.1, 0.15) is 27.0 Å². The Hall–Kier alpha value is -3.80. The van der Waals surface area contributed by atoms with Crippen molar-refractivity contribution in [3.63, 3.8) is 0 Å². The van der Waals surface area contributed by atoms with Crippen molar-refractivity contribution in [2.24, 2.45) is 0 Å². The number of carbonyl (C=O) groups excluding carboxylic acids is 1. The molecular weight excluding hydrogens is 399 g/mol. The molecule has 0 spiro atoms. The second-order valence-corrected chi connectivity index (χ2v) is 7.05. The Bertz CT molecular complexity index is 1170. The van der Waals surface area contributed by atoms with Gasteiger partial charge in [0.15, 0.2) is 17.3 Å². The second kappa shape index (κ2) is 8.52. The Labute approximate surface area is 179 Å². The van der Waals surface area contributed by atoms with Gasteiger partial charge in [-0.3, -0.25) is 4.79 Å². The van der Waals surface area contributed by atoms with Crippen molar-refractivity contribution in [3.05, 3.63) is 88.4 Å². The van der Waals surface area contributed by atoms with Crippen LogP contribution in [0.25, 0.3) is 6.08 Å². The fourth-order valence-electron chi connectivity index (χ4n) is 3.47. The van der Waals surface area contributed by atoms with Gasteiger partial charge in [0.05, 0.1) is 19.8 Å². The summed E-state index contributed by atoms with van der Waals surface area (Å²) in [7, 11) is 3.10. The Morgan fingerprint density at radius 2 is 1.81 bits per heavy atom. The third-order valence-corrected chi connectivity index (χ3v) is 4.98. The fraction of sp³-hybridized carbons (Fsp3) is 0.160. The van der Waals surface area contributed by atoms with Gasteiger partial charge < -0.3 is 18.9 Å². The third kappa shape index (κ3) is 4.10. The van der Waals surface area contributed by atoms with Gasteiger partial charge in [-0.15, -0.1) is 0 Å². The van der Waals surface area contributed by atoms with Crippen LogP contribution in [0.3, 0.4) is 0 Å². The maximum absolute atomic E-state index is 13.1. The van der Waals surface area contributed by atoms with Gasteiger partial charge in [-0.2, -0.15) is 0 Å². The lowest BCUT2D eigenvalue weighted by Gasteiger charge is -2.10. The highest BCUT2D eigenvalue weighted by Gasteiger charge is 2.30. The molecule has 0 unspecified atom stereocenters. The Morgan fingerprint density at radius 1 is 1.03 bits per heavy atom. The van der Waals surface area contributed by atoms with Crippen LogP contribution >= 0.6 is 0 Å². The number of Topliss-reactive ketones (excluding diaryl/α,β-unsaturated/α-hetero) is 1. The maximum Gasteiger partial charge on any atom is 0.232 e. The number of hydrogen-bond donors (Lipinski definition) is 0. The van der Waals surface area contributed by atoms with Crippen LogP contribution in [0.15, 0.2) is 60.4 Å². The van der Waals surface area contributed by atoms with E-state index in [9.17, 15) is 9.18 Å². The molecule has 6 heteroatoms. The summed E-state index contributed by atoms with van der Waals surface area (Å²) in [6, 6.07) is 15.0. The van der Waals surface area contributed by atoms with E-state index in [1.54, 1.807) is 50.6 Å². The quantitative estimate of drug-likeness (QED) is 0.504. The summed E-state index contributed by atoms with van der Waals surface area (Å²) < 4.78 is 35.5. The van der Waals surface area contributed by atoms with E-state index in [0.717, 1.165) is 11.1 Å². The number of ketones is 1. The number of rotatable bonds is 6. The molecule has 31 heavy (non-hydrogen) atoms. The van der Waals surface area contributed by atoms with E-state index in [2.05, 4.69) is 0 Å². The highest BCUT2D eigenvalue weighted by Crippen LogP contribution is 2.39. The van der Waals surface area contributed by atoms with Gasteiger partial charge in [0.1, 0.15) is 23.9 Å². The van der Waals surface area contributed by atoms with Crippen molar-refractivity contribution < 1.29 is 28.1 Å². The van der Waals surface area contributed by atoms with Crippen LogP contribution in [0.4, 0.5) is 4.39 Å². The molecule has 0 aromatic heterocycles. The molecule has 0 radical (unpaired) electrons. The molecular formula is C25H21FO5. The zero-order valence-corrected chi connectivity index (χ0v) is 17.4. The summed E-state index contributed by atoms with van der Waals surface area (Å²) >= 11 is 0. The van der Waals surface area contributed by atoms with E-state index in [-0.39, 0.29) is 24.0 Å². The largest absolute Gasteiger partial charge is 0.493 e. The van der Waals surface area contributed by atoms with Crippen molar-refractivity contribution in [3.8, 4) is 23.0 Å². The summed E-state index contributed by atoms with van der Waals surface area (Å²) in [5.41, 5.74) is 2.76. The number of para-hydroxylation sites is 1. The topological polar surface area (TPSA) is 54.0 Å². The van der Waals surface area contributed by atoms with Gasteiger partial charge in [-0.05, 0) is 48.4 Å². The van der Waals surface area contributed by atoms with Crippen molar-refractivity contribution in [1.82, 2.24) is 0 Å². The molecule has 0 saturated heterocycles. The predicted octanol–water partition coefficient (Wildman–Crippen LogP) is 5.35. The van der Waals surface area contributed by atoms with Crippen molar-refractivity contribution >= 4 is 11.9 Å². The second-order valence-electron chi connectivity index (χ2n) is 7.05. The fourth-order valence-corrected chi connectivity index (χ4v) is 3.47. The number of aryl methyl sites for hydroxylation is 1. The molecule has 158 valence electrons. The minimum atomic E-state index is -0.295. The molecule has 0 fully saturated rings. The van der Waals surface area contributed by atoms with Crippen molar-refractivity contribution in [2.45, 2.75) is 13.5 Å². The minimum absolute atomic E-state index is 0.195. The van der Waals surface area contributed by atoms with Gasteiger partial charge >= 0.3 is 0 Å². The average Bonchev–Trinajstić information content (AvgIpc) is 3.08. The van der Waals surface area contributed by atoms with E-state index < -0.39 is 0 Å². The first-order valence-corrected chi connectivity index (χ1v) is 9.67. The molecule has 0 amide bonds. The lowest BCUT2D eigenvalue weighted by atomic mass is 10.0. The molecule has 0 aliphatic carbocycles. The molecule has 0 N–H and O–H groups in total. The maximum atomic E-state index is 13.1. The van der Waals surface area contributed by atoms with Gasteiger partial charge in [0.25, 0.3) is 0 Å². The number of allylic oxidation sites excluding steroid dienone is 1. The first-order chi connectivity index (χ1) is 15.0. The average molecular weight is 420 g/mol. The van der Waals surface area contributed by atoms with E-state index in [1.165, 1.54) is 12.1 Å². The van der Waals surface area contributed by atoms with Crippen LogP contribution in [-0.2, 0) is 6.61 Å². The van der Waals surface area contributed by atoms with Crippen LogP contribution in [0, 0.1) is 12.7 Å². The number of fused-ring (bicyclic) bond motifs is 1. The molecule has 1 aliphatic rings. The Kier molecular flexibility index (Phi) is 5.62. The van der Waals surface area contributed by atoms with E-state index in [1.807, 2.05) is 19.1 Å². The molecule has 0 bridgehead atoms. The molecule has 5 nitrogen and oxygen atoms in total. The Morgan fingerprint density at radius 3 is 2.52 bits per heavy atom. The molecule has 3 aromatic rings. The van der Waals surface area contributed by atoms with Crippen molar-refractivity contribution in [2.75, 3.05) is 14.2 Å². The number of hydrogen-bond acceptors (Lipinski definition) is 5. The number of benzene rings is 3. The van der Waals surface area contributed by atoms with Crippen LogP contribution in [0.2, 0.25) is 0 Å². The van der Waals surface area contributed by atoms with Gasteiger partial charge in [0.2, 0.25) is 5.78 Å². The number of methoxy groups -OCH3 is 2. The summed E-state index contributed by atoms with van der Waals surface area (Å²) in [6.07, 6.45) is 1.64. The predicted molar refractivity (Wildman–Crippen MR) is 114 cm³/mol. The zero-order valence-electron chi connectivity index (χ0n) is 17.4.